The molecule has 1 aliphatic heterocycles. The van der Waals surface area contributed by atoms with E-state index in [9.17, 15) is 14.4 Å². The summed E-state index contributed by atoms with van der Waals surface area (Å²) in [6.45, 7) is 12.7. The molecule has 2 N–H and O–H groups in total. The van der Waals surface area contributed by atoms with E-state index in [0.717, 1.165) is 37.7 Å². The van der Waals surface area contributed by atoms with E-state index < -0.39 is 17.6 Å². The third-order valence-corrected chi connectivity index (χ3v) is 9.33. The summed E-state index contributed by atoms with van der Waals surface area (Å²) >= 11 is 12.7. The zero-order chi connectivity index (χ0) is 31.7. The van der Waals surface area contributed by atoms with Gasteiger partial charge in [0.25, 0.3) is 11.8 Å². The maximum absolute atomic E-state index is 14.5. The van der Waals surface area contributed by atoms with Crippen molar-refractivity contribution in [3.05, 3.63) is 69.2 Å². The third kappa shape index (κ3) is 7.43. The summed E-state index contributed by atoms with van der Waals surface area (Å²) in [5.41, 5.74) is 1.84. The Bertz CT molecular complexity index is 1370. The minimum absolute atomic E-state index is 0.0416. The molecule has 1 heterocycles. The van der Waals surface area contributed by atoms with Gasteiger partial charge in [-0.15, -0.1) is 0 Å². The number of carboxylic acid groups (broad SMARTS) is 1. The monoisotopic (exact) mass is 627 g/mol. The quantitative estimate of drug-likeness (QED) is 0.296. The molecular formula is C34H43Cl2N3O4. The van der Waals surface area contributed by atoms with Crippen LogP contribution in [0.4, 0.5) is 0 Å². The number of hydrogen-bond donors (Lipinski definition) is 2. The predicted octanol–water partition coefficient (Wildman–Crippen LogP) is 7.80. The highest BCUT2D eigenvalue weighted by atomic mass is 35.5. The standard InChI is InChI=1S/C34H43Cl2N3O4/c1-20(2)15-28(22-7-9-23(10-8-22)30(40)37-19-21(3)32(42)43)39-31(41)29(24-16-26(35)18-27(36)17-24)38-34(39)13-11-25(12-14-34)33(4,5)6/h7-10,16-18,20-21,25,28H,11-15,19H2,1-6H3,(H,37,40)(H,42,43)/t21-,25?,28+,34?/m0/s1. The van der Waals surface area contributed by atoms with Gasteiger partial charge in [-0.3, -0.25) is 19.4 Å². The van der Waals surface area contributed by atoms with Gasteiger partial charge in [-0.25, -0.2) is 0 Å². The van der Waals surface area contributed by atoms with E-state index in [2.05, 4.69) is 39.9 Å². The Balaban J connectivity index is 1.71. The van der Waals surface area contributed by atoms with Crippen LogP contribution in [0.3, 0.4) is 0 Å². The van der Waals surface area contributed by atoms with Crippen LogP contribution in [0.25, 0.3) is 0 Å². The molecule has 1 spiro atoms. The molecule has 0 bridgehead atoms. The van der Waals surface area contributed by atoms with Crippen LogP contribution >= 0.6 is 23.2 Å². The average molecular weight is 629 g/mol. The highest BCUT2D eigenvalue weighted by molar-refractivity contribution is 6.47. The first-order chi connectivity index (χ1) is 20.1. The van der Waals surface area contributed by atoms with Crippen LogP contribution < -0.4 is 5.32 Å². The molecule has 2 aromatic carbocycles. The Labute approximate surface area is 265 Å². The molecule has 9 heteroatoms. The van der Waals surface area contributed by atoms with E-state index >= 15 is 0 Å². The Morgan fingerprint density at radius 2 is 1.63 bits per heavy atom. The number of nitrogens with one attached hydrogen (secondary N) is 1. The molecule has 7 nitrogen and oxygen atoms in total. The minimum atomic E-state index is -0.963. The molecule has 2 aliphatic rings. The lowest BCUT2D eigenvalue weighted by Gasteiger charge is -2.47. The smallest absolute Gasteiger partial charge is 0.308 e. The van der Waals surface area contributed by atoms with Gasteiger partial charge >= 0.3 is 5.97 Å². The Kier molecular flexibility index (Phi) is 9.97. The fourth-order valence-electron chi connectivity index (χ4n) is 6.35. The molecule has 1 fully saturated rings. The van der Waals surface area contributed by atoms with Gasteiger partial charge in [0.15, 0.2) is 0 Å². The van der Waals surface area contributed by atoms with Gasteiger partial charge in [0.1, 0.15) is 11.4 Å². The lowest BCUT2D eigenvalue weighted by Crippen LogP contribution is -2.51. The van der Waals surface area contributed by atoms with Crippen molar-refractivity contribution in [1.29, 1.82) is 0 Å². The zero-order valence-electron chi connectivity index (χ0n) is 25.9. The summed E-state index contributed by atoms with van der Waals surface area (Å²) < 4.78 is 0. The number of carbonyl (C=O) groups is 3. The van der Waals surface area contributed by atoms with Gasteiger partial charge in [0, 0.05) is 27.7 Å². The highest BCUT2D eigenvalue weighted by Crippen LogP contribution is 2.50. The van der Waals surface area contributed by atoms with Crippen LogP contribution in [0.5, 0.6) is 0 Å². The van der Waals surface area contributed by atoms with Gasteiger partial charge in [0.2, 0.25) is 0 Å². The van der Waals surface area contributed by atoms with Crippen LogP contribution in [-0.4, -0.2) is 45.7 Å². The summed E-state index contributed by atoms with van der Waals surface area (Å²) in [6.07, 6.45) is 4.16. The van der Waals surface area contributed by atoms with Gasteiger partial charge in [-0.05, 0) is 85.3 Å². The van der Waals surface area contributed by atoms with Crippen molar-refractivity contribution in [2.45, 2.75) is 85.4 Å². The van der Waals surface area contributed by atoms with Crippen molar-refractivity contribution in [1.82, 2.24) is 10.2 Å². The van der Waals surface area contributed by atoms with E-state index in [0.29, 0.717) is 32.8 Å². The Hall–Kier alpha value is -2.90. The Morgan fingerprint density at radius 1 is 1.05 bits per heavy atom. The maximum Gasteiger partial charge on any atom is 0.308 e. The summed E-state index contributed by atoms with van der Waals surface area (Å²) in [4.78, 5) is 45.6. The number of benzene rings is 2. The summed E-state index contributed by atoms with van der Waals surface area (Å²) in [7, 11) is 0. The molecule has 4 rings (SSSR count). The first-order valence-electron chi connectivity index (χ1n) is 15.1. The summed E-state index contributed by atoms with van der Waals surface area (Å²) in [5, 5.41) is 12.7. The minimum Gasteiger partial charge on any atom is -0.481 e. The molecule has 0 aromatic heterocycles. The number of amides is 2. The van der Waals surface area contributed by atoms with Crippen LogP contribution in [0.1, 0.15) is 101 Å². The second-order valence-corrected chi connectivity index (χ2v) is 14.5. The molecule has 0 unspecified atom stereocenters. The molecule has 0 saturated heterocycles. The second-order valence-electron chi connectivity index (χ2n) is 13.6. The molecule has 1 aliphatic carbocycles. The van der Waals surface area contributed by atoms with Gasteiger partial charge in [-0.2, -0.15) is 0 Å². The van der Waals surface area contributed by atoms with Crippen molar-refractivity contribution >= 4 is 46.7 Å². The number of aliphatic imine (C=N–C) groups is 1. The number of nitrogens with zero attached hydrogens (tertiary/aromatic N) is 2. The van der Waals surface area contributed by atoms with Gasteiger partial charge in [0.05, 0.1) is 12.0 Å². The lowest BCUT2D eigenvalue weighted by atomic mass is 9.69. The highest BCUT2D eigenvalue weighted by Gasteiger charge is 2.52. The van der Waals surface area contributed by atoms with Gasteiger partial charge < -0.3 is 15.3 Å². The summed E-state index contributed by atoms with van der Waals surface area (Å²) in [6, 6.07) is 12.2. The zero-order valence-corrected chi connectivity index (χ0v) is 27.4. The van der Waals surface area contributed by atoms with Crippen molar-refractivity contribution in [2.24, 2.45) is 28.2 Å². The van der Waals surface area contributed by atoms with E-state index in [-0.39, 0.29) is 35.7 Å². The largest absolute Gasteiger partial charge is 0.481 e. The van der Waals surface area contributed by atoms with Crippen molar-refractivity contribution < 1.29 is 19.5 Å². The molecule has 0 radical (unpaired) electrons. The molecule has 2 aromatic rings. The van der Waals surface area contributed by atoms with Crippen molar-refractivity contribution in [3.63, 3.8) is 0 Å². The fraction of sp³-hybridized carbons (Fsp3) is 0.529. The number of hydrogen-bond acceptors (Lipinski definition) is 4. The molecule has 2 amide bonds. The van der Waals surface area contributed by atoms with E-state index in [4.69, 9.17) is 33.3 Å². The number of halogens is 2. The predicted molar refractivity (Wildman–Crippen MR) is 172 cm³/mol. The fourth-order valence-corrected chi connectivity index (χ4v) is 6.88. The van der Waals surface area contributed by atoms with Crippen molar-refractivity contribution in [3.8, 4) is 0 Å². The normalized spacial score (nSPS) is 22.1. The second kappa shape index (κ2) is 13.0. The SMILES string of the molecule is CC(C)C[C@H](c1ccc(C(=O)NC[C@H](C)C(=O)O)cc1)N1C(=O)C(c2cc(Cl)cc(Cl)c2)=NC12CCC(C(C)(C)C)CC2. The third-order valence-electron chi connectivity index (χ3n) is 8.89. The van der Waals surface area contributed by atoms with Crippen LogP contribution in [0.15, 0.2) is 47.5 Å². The molecule has 232 valence electrons. The van der Waals surface area contributed by atoms with E-state index in [1.807, 2.05) is 17.0 Å². The molecule has 43 heavy (non-hydrogen) atoms. The van der Waals surface area contributed by atoms with Gasteiger partial charge in [-0.1, -0.05) is 76.9 Å². The topological polar surface area (TPSA) is 99.1 Å². The summed E-state index contributed by atoms with van der Waals surface area (Å²) in [5.74, 6) is -1.31. The number of aliphatic carboxylic acids is 1. The number of carboxylic acids is 1. The van der Waals surface area contributed by atoms with Crippen molar-refractivity contribution in [2.75, 3.05) is 6.54 Å². The lowest BCUT2D eigenvalue weighted by molar-refractivity contribution is -0.141. The average Bonchev–Trinajstić information content (AvgIpc) is 3.20. The number of rotatable bonds is 9. The molecule has 2 atom stereocenters. The van der Waals surface area contributed by atoms with Crippen LogP contribution in [0.2, 0.25) is 10.0 Å². The first kappa shape index (κ1) is 33.0. The molecular weight excluding hydrogens is 585 g/mol. The van der Waals surface area contributed by atoms with E-state index in [1.165, 1.54) is 0 Å². The first-order valence-corrected chi connectivity index (χ1v) is 15.9. The van der Waals surface area contributed by atoms with Crippen LogP contribution in [0, 0.1) is 23.2 Å². The number of carbonyl (C=O) groups excluding carboxylic acids is 2. The maximum atomic E-state index is 14.5. The van der Waals surface area contributed by atoms with Crippen LogP contribution in [-0.2, 0) is 9.59 Å². The molecule has 1 saturated carbocycles. The Morgan fingerprint density at radius 3 is 2.14 bits per heavy atom. The van der Waals surface area contributed by atoms with E-state index in [1.54, 1.807) is 37.3 Å².